The number of hydrogen-bond acceptors (Lipinski definition) is 6. The van der Waals surface area contributed by atoms with Crippen molar-refractivity contribution in [2.24, 2.45) is 0 Å². The zero-order valence-corrected chi connectivity index (χ0v) is 26.1. The number of ether oxygens (including phenoxy) is 2. The summed E-state index contributed by atoms with van der Waals surface area (Å²) in [6.45, 7) is 4.30. The van der Waals surface area contributed by atoms with Crippen LogP contribution in [0.3, 0.4) is 0 Å². The van der Waals surface area contributed by atoms with Crippen LogP contribution in [0, 0.1) is 13.8 Å². The predicted octanol–water partition coefficient (Wildman–Crippen LogP) is 7.45. The highest BCUT2D eigenvalue weighted by molar-refractivity contribution is 7.93. The van der Waals surface area contributed by atoms with Gasteiger partial charge < -0.3 is 9.47 Å². The number of benzene rings is 4. The minimum absolute atomic E-state index is 0.124. The molecule has 222 valence electrons. The molecule has 0 atom stereocenters. The van der Waals surface area contributed by atoms with Crippen molar-refractivity contribution >= 4 is 54.6 Å². The first-order valence-corrected chi connectivity index (χ1v) is 16.7. The predicted molar refractivity (Wildman–Crippen MR) is 167 cm³/mol. The Morgan fingerprint density at radius 1 is 0.571 bits per heavy atom. The quantitative estimate of drug-likeness (QED) is 0.146. The number of aryl methyl sites for hydroxylation is 2. The van der Waals surface area contributed by atoms with Crippen LogP contribution in [-0.4, -0.2) is 30.0 Å². The molecular weight excluding hydrogens is 619 g/mol. The van der Waals surface area contributed by atoms with Gasteiger partial charge in [-0.15, -0.1) is 0 Å². The Bertz CT molecular complexity index is 1620. The van der Waals surface area contributed by atoms with Gasteiger partial charge in [-0.2, -0.15) is 0 Å². The molecule has 0 aliphatic heterocycles. The molecule has 0 fully saturated rings. The Hall–Kier alpha value is -3.44. The van der Waals surface area contributed by atoms with E-state index in [9.17, 15) is 16.8 Å². The number of hydrogen-bond donors (Lipinski definition) is 2. The van der Waals surface area contributed by atoms with E-state index >= 15 is 0 Å². The molecule has 0 amide bonds. The maximum atomic E-state index is 12.9. The van der Waals surface area contributed by atoms with Gasteiger partial charge in [-0.25, -0.2) is 16.8 Å². The molecule has 0 aromatic heterocycles. The highest BCUT2D eigenvalue weighted by Crippen LogP contribution is 2.32. The molecule has 0 radical (unpaired) electrons. The molecule has 8 nitrogen and oxygen atoms in total. The van der Waals surface area contributed by atoms with Crippen molar-refractivity contribution in [1.29, 1.82) is 0 Å². The third kappa shape index (κ3) is 8.54. The molecule has 0 aliphatic rings. The fourth-order valence-electron chi connectivity index (χ4n) is 3.83. The van der Waals surface area contributed by atoms with Crippen LogP contribution in [-0.2, 0) is 20.0 Å². The van der Waals surface area contributed by atoms with Crippen LogP contribution in [0.4, 0.5) is 11.4 Å². The van der Waals surface area contributed by atoms with E-state index in [1.165, 1.54) is 36.4 Å². The number of halogens is 2. The molecule has 0 spiro atoms. The van der Waals surface area contributed by atoms with Gasteiger partial charge in [0, 0.05) is 10.0 Å². The fourth-order valence-corrected chi connectivity index (χ4v) is 6.29. The monoisotopic (exact) mass is 648 g/mol. The zero-order valence-electron chi connectivity index (χ0n) is 22.9. The second-order valence-electron chi connectivity index (χ2n) is 9.52. The average Bonchev–Trinajstić information content (AvgIpc) is 2.93. The second kappa shape index (κ2) is 13.7. The van der Waals surface area contributed by atoms with E-state index in [1.807, 2.05) is 13.8 Å². The number of unbranched alkanes of at least 4 members (excludes halogenated alkanes) is 1. The molecule has 0 heterocycles. The SMILES string of the molecule is Cc1ccc(S(=O)(=O)Nc2cc(Cl)ccc2OCCCCOc2ccc(Cl)cc2NS(=O)(=O)c2ccc(C)cc2)cc1. The first-order valence-electron chi connectivity index (χ1n) is 13.0. The normalized spacial score (nSPS) is 11.6. The third-order valence-corrected chi connectivity index (χ3v) is 9.32. The summed E-state index contributed by atoms with van der Waals surface area (Å²) in [5, 5.41) is 0.711. The molecule has 4 aromatic carbocycles. The summed E-state index contributed by atoms with van der Waals surface area (Å²) < 4.78 is 68.3. The highest BCUT2D eigenvalue weighted by Gasteiger charge is 2.18. The molecule has 0 bridgehead atoms. The summed E-state index contributed by atoms with van der Waals surface area (Å²) in [5.74, 6) is 0.669. The second-order valence-corrected chi connectivity index (χ2v) is 13.8. The van der Waals surface area contributed by atoms with Crippen molar-refractivity contribution in [3.8, 4) is 11.5 Å². The van der Waals surface area contributed by atoms with E-state index in [0.29, 0.717) is 34.4 Å². The average molecular weight is 650 g/mol. The molecule has 0 aliphatic carbocycles. The summed E-state index contributed by atoms with van der Waals surface area (Å²) in [5.41, 5.74) is 2.35. The van der Waals surface area contributed by atoms with E-state index in [4.69, 9.17) is 32.7 Å². The Morgan fingerprint density at radius 2 is 0.929 bits per heavy atom. The lowest BCUT2D eigenvalue weighted by molar-refractivity contribution is 0.268. The van der Waals surface area contributed by atoms with Crippen LogP contribution in [0.15, 0.2) is 94.7 Å². The minimum atomic E-state index is -3.85. The van der Waals surface area contributed by atoms with Crippen molar-refractivity contribution in [2.75, 3.05) is 22.7 Å². The van der Waals surface area contributed by atoms with Crippen molar-refractivity contribution in [2.45, 2.75) is 36.5 Å². The molecule has 2 N–H and O–H groups in total. The summed E-state index contributed by atoms with van der Waals surface area (Å²) in [7, 11) is -7.69. The first kappa shape index (κ1) is 31.5. The van der Waals surface area contributed by atoms with E-state index in [0.717, 1.165) is 11.1 Å². The fraction of sp³-hybridized carbons (Fsp3) is 0.200. The summed E-state index contributed by atoms with van der Waals surface area (Å²) in [4.78, 5) is 0.248. The van der Waals surface area contributed by atoms with Gasteiger partial charge in [-0.3, -0.25) is 9.44 Å². The van der Waals surface area contributed by atoms with Crippen LogP contribution >= 0.6 is 23.2 Å². The van der Waals surface area contributed by atoms with Gasteiger partial charge in [-0.1, -0.05) is 58.6 Å². The van der Waals surface area contributed by atoms with Crippen molar-refractivity contribution in [3.63, 3.8) is 0 Å². The zero-order chi connectivity index (χ0) is 30.3. The summed E-state index contributed by atoms with van der Waals surface area (Å²) in [6.07, 6.45) is 1.15. The van der Waals surface area contributed by atoms with Crippen molar-refractivity contribution in [3.05, 3.63) is 106 Å². The van der Waals surface area contributed by atoms with Crippen LogP contribution in [0.2, 0.25) is 10.0 Å². The van der Waals surface area contributed by atoms with Crippen LogP contribution in [0.5, 0.6) is 11.5 Å². The Kier molecular flexibility index (Phi) is 10.3. The van der Waals surface area contributed by atoms with Gasteiger partial charge in [0.2, 0.25) is 0 Å². The van der Waals surface area contributed by atoms with E-state index < -0.39 is 20.0 Å². The highest BCUT2D eigenvalue weighted by atomic mass is 35.5. The molecule has 0 unspecified atom stereocenters. The van der Waals surface area contributed by atoms with Crippen molar-refractivity contribution < 1.29 is 26.3 Å². The first-order chi connectivity index (χ1) is 19.9. The summed E-state index contributed by atoms with van der Waals surface area (Å²) in [6, 6.07) is 22.4. The molecule has 42 heavy (non-hydrogen) atoms. The number of rotatable bonds is 13. The standard InChI is InChI=1S/C30H30Cl2N2O6S2/c1-21-5-11-25(12-6-21)41(35,36)33-27-19-23(31)9-15-29(27)39-17-3-4-18-40-30-16-10-24(32)20-28(30)34-42(37,38)26-13-7-22(2)8-14-26/h5-16,19-20,33-34H,3-4,17-18H2,1-2H3. The molecular formula is C30H30Cl2N2O6S2. The van der Waals surface area contributed by atoms with Crippen LogP contribution in [0.1, 0.15) is 24.0 Å². The number of anilines is 2. The van der Waals surface area contributed by atoms with E-state index in [1.54, 1.807) is 48.5 Å². The Balaban J connectivity index is 1.33. The largest absolute Gasteiger partial charge is 0.491 e. The number of sulfonamides is 2. The Labute approximate surface area is 256 Å². The van der Waals surface area contributed by atoms with Crippen molar-refractivity contribution in [1.82, 2.24) is 0 Å². The molecule has 4 aromatic rings. The lowest BCUT2D eigenvalue weighted by Crippen LogP contribution is -2.14. The van der Waals surface area contributed by atoms with Gasteiger partial charge in [0.15, 0.2) is 0 Å². The molecule has 12 heteroatoms. The number of nitrogens with one attached hydrogen (secondary N) is 2. The molecule has 0 saturated heterocycles. The van der Waals surface area contributed by atoms with Gasteiger partial charge in [0.05, 0.1) is 34.4 Å². The van der Waals surface area contributed by atoms with Gasteiger partial charge in [0.25, 0.3) is 20.0 Å². The van der Waals surface area contributed by atoms with Crippen LogP contribution in [0.25, 0.3) is 0 Å². The van der Waals surface area contributed by atoms with Gasteiger partial charge >= 0.3 is 0 Å². The topological polar surface area (TPSA) is 111 Å². The lowest BCUT2D eigenvalue weighted by Gasteiger charge is -2.15. The minimum Gasteiger partial charge on any atom is -0.491 e. The van der Waals surface area contributed by atoms with Gasteiger partial charge in [0.1, 0.15) is 11.5 Å². The Morgan fingerprint density at radius 3 is 1.29 bits per heavy atom. The summed E-state index contributed by atoms with van der Waals surface area (Å²) >= 11 is 12.2. The lowest BCUT2D eigenvalue weighted by atomic mass is 10.2. The maximum absolute atomic E-state index is 12.9. The van der Waals surface area contributed by atoms with Gasteiger partial charge in [-0.05, 0) is 87.4 Å². The molecule has 4 rings (SSSR count). The van der Waals surface area contributed by atoms with E-state index in [2.05, 4.69) is 9.44 Å². The van der Waals surface area contributed by atoms with E-state index in [-0.39, 0.29) is 34.4 Å². The third-order valence-electron chi connectivity index (χ3n) is 6.09. The smallest absolute Gasteiger partial charge is 0.262 e. The van der Waals surface area contributed by atoms with Crippen LogP contribution < -0.4 is 18.9 Å². The maximum Gasteiger partial charge on any atom is 0.262 e. The molecule has 0 saturated carbocycles.